The van der Waals surface area contributed by atoms with E-state index >= 15 is 0 Å². The third-order valence-corrected chi connectivity index (χ3v) is 4.80. The van der Waals surface area contributed by atoms with Crippen molar-refractivity contribution in [2.24, 2.45) is 0 Å². The quantitative estimate of drug-likeness (QED) is 0.699. The number of carbonyl (C=O) groups excluding carboxylic acids is 2. The van der Waals surface area contributed by atoms with Crippen molar-refractivity contribution in [1.82, 2.24) is 9.88 Å². The molecule has 0 radical (unpaired) electrons. The second-order valence-electron chi connectivity index (χ2n) is 6.71. The predicted molar refractivity (Wildman–Crippen MR) is 112 cm³/mol. The van der Waals surface area contributed by atoms with Crippen molar-refractivity contribution in [3.8, 4) is 5.75 Å². The number of pyridine rings is 1. The number of para-hydroxylation sites is 1. The summed E-state index contributed by atoms with van der Waals surface area (Å²) in [5.74, 6) is 0.521. The highest BCUT2D eigenvalue weighted by atomic mass is 16.5. The lowest BCUT2D eigenvalue weighted by Crippen LogP contribution is -2.37. The Morgan fingerprint density at radius 1 is 1.10 bits per heavy atom. The molecule has 0 atom stereocenters. The van der Waals surface area contributed by atoms with E-state index < -0.39 is 0 Å². The highest BCUT2D eigenvalue weighted by molar-refractivity contribution is 6.03. The van der Waals surface area contributed by atoms with Crippen LogP contribution in [0.4, 0.5) is 16.2 Å². The van der Waals surface area contributed by atoms with E-state index in [0.29, 0.717) is 25.4 Å². The summed E-state index contributed by atoms with van der Waals surface area (Å²) >= 11 is 0. The topological polar surface area (TPSA) is 74.8 Å². The monoisotopic (exact) mass is 390 g/mol. The van der Waals surface area contributed by atoms with Gasteiger partial charge in [-0.05, 0) is 43.3 Å². The standard InChI is InChI=1S/C22H22N4O3/c1-2-29-18-10-8-17(9-11-18)26-14-13-25(22(26)28)15-20(27)24-19-7-3-5-16-6-4-12-23-21(16)19/h3-12H,2,13-15H2,1H3,(H,24,27). The van der Waals surface area contributed by atoms with Gasteiger partial charge in [-0.15, -0.1) is 0 Å². The Balaban J connectivity index is 1.41. The second kappa shape index (κ2) is 8.18. The number of benzene rings is 2. The number of hydrogen-bond donors (Lipinski definition) is 1. The van der Waals surface area contributed by atoms with E-state index in [1.165, 1.54) is 0 Å². The zero-order valence-electron chi connectivity index (χ0n) is 16.2. The molecule has 1 aliphatic heterocycles. The Labute approximate surface area is 168 Å². The highest BCUT2D eigenvalue weighted by Gasteiger charge is 2.30. The lowest BCUT2D eigenvalue weighted by atomic mass is 10.2. The Hall–Kier alpha value is -3.61. The summed E-state index contributed by atoms with van der Waals surface area (Å²) in [6.45, 7) is 3.55. The van der Waals surface area contributed by atoms with Crippen LogP contribution in [0.5, 0.6) is 5.75 Å². The SMILES string of the molecule is CCOc1ccc(N2CCN(CC(=O)Nc3cccc4cccnc34)C2=O)cc1. The molecular weight excluding hydrogens is 368 g/mol. The fourth-order valence-electron chi connectivity index (χ4n) is 3.43. The van der Waals surface area contributed by atoms with Crippen molar-refractivity contribution in [2.75, 3.05) is 36.5 Å². The first kappa shape index (κ1) is 18.7. The molecule has 1 aromatic heterocycles. The molecule has 1 aliphatic rings. The van der Waals surface area contributed by atoms with Crippen LogP contribution >= 0.6 is 0 Å². The van der Waals surface area contributed by atoms with Crippen molar-refractivity contribution in [1.29, 1.82) is 0 Å². The first-order valence-electron chi connectivity index (χ1n) is 9.58. The molecule has 1 saturated heterocycles. The van der Waals surface area contributed by atoms with Crippen LogP contribution in [0.1, 0.15) is 6.92 Å². The molecule has 29 heavy (non-hydrogen) atoms. The van der Waals surface area contributed by atoms with Crippen molar-refractivity contribution in [2.45, 2.75) is 6.92 Å². The van der Waals surface area contributed by atoms with E-state index in [-0.39, 0.29) is 18.5 Å². The van der Waals surface area contributed by atoms with Gasteiger partial charge in [0.25, 0.3) is 0 Å². The van der Waals surface area contributed by atoms with Crippen LogP contribution in [0.15, 0.2) is 60.8 Å². The van der Waals surface area contributed by atoms with Gasteiger partial charge in [0.2, 0.25) is 5.91 Å². The first-order chi connectivity index (χ1) is 14.2. The number of rotatable bonds is 6. The van der Waals surface area contributed by atoms with Crippen molar-refractivity contribution in [3.63, 3.8) is 0 Å². The number of aromatic nitrogens is 1. The molecule has 3 aromatic rings. The number of nitrogens with zero attached hydrogens (tertiary/aromatic N) is 3. The molecule has 1 N–H and O–H groups in total. The number of amides is 3. The summed E-state index contributed by atoms with van der Waals surface area (Å²) in [7, 11) is 0. The number of hydrogen-bond acceptors (Lipinski definition) is 4. The van der Waals surface area contributed by atoms with Crippen molar-refractivity contribution in [3.05, 3.63) is 60.8 Å². The molecule has 0 aliphatic carbocycles. The third-order valence-electron chi connectivity index (χ3n) is 4.80. The molecule has 2 heterocycles. The van der Waals surface area contributed by atoms with Gasteiger partial charge in [-0.1, -0.05) is 18.2 Å². The molecule has 1 fully saturated rings. The zero-order valence-corrected chi connectivity index (χ0v) is 16.2. The molecule has 4 rings (SSSR count). The van der Waals surface area contributed by atoms with Gasteiger partial charge in [-0.3, -0.25) is 14.7 Å². The second-order valence-corrected chi connectivity index (χ2v) is 6.71. The van der Waals surface area contributed by atoms with Crippen LogP contribution in [0.2, 0.25) is 0 Å². The minimum atomic E-state index is -0.245. The number of fused-ring (bicyclic) bond motifs is 1. The summed E-state index contributed by atoms with van der Waals surface area (Å²) < 4.78 is 5.44. The smallest absolute Gasteiger partial charge is 0.325 e. The number of urea groups is 1. The summed E-state index contributed by atoms with van der Waals surface area (Å²) in [5, 5.41) is 3.83. The molecule has 7 nitrogen and oxygen atoms in total. The summed E-state index contributed by atoms with van der Waals surface area (Å²) in [4.78, 5) is 32.8. The normalized spacial score (nSPS) is 13.8. The van der Waals surface area contributed by atoms with E-state index in [0.717, 1.165) is 22.3 Å². The Bertz CT molecular complexity index is 1030. The lowest BCUT2D eigenvalue weighted by Gasteiger charge is -2.19. The van der Waals surface area contributed by atoms with E-state index in [2.05, 4.69) is 10.3 Å². The van der Waals surface area contributed by atoms with E-state index in [4.69, 9.17) is 4.74 Å². The molecule has 0 unspecified atom stereocenters. The Morgan fingerprint density at radius 3 is 2.69 bits per heavy atom. The molecule has 0 spiro atoms. The molecule has 148 valence electrons. The van der Waals surface area contributed by atoms with Gasteiger partial charge >= 0.3 is 6.03 Å². The number of nitrogens with one attached hydrogen (secondary N) is 1. The highest BCUT2D eigenvalue weighted by Crippen LogP contribution is 2.24. The van der Waals surface area contributed by atoms with Crippen LogP contribution in [0.3, 0.4) is 0 Å². The molecule has 2 aromatic carbocycles. The Kier molecular flexibility index (Phi) is 5.29. The largest absolute Gasteiger partial charge is 0.494 e. The fourth-order valence-corrected chi connectivity index (χ4v) is 3.43. The average molecular weight is 390 g/mol. The van der Waals surface area contributed by atoms with Gasteiger partial charge in [0.15, 0.2) is 0 Å². The molecule has 0 saturated carbocycles. The first-order valence-corrected chi connectivity index (χ1v) is 9.58. The van der Waals surface area contributed by atoms with Gasteiger partial charge in [0.05, 0.1) is 17.8 Å². The number of carbonyl (C=O) groups is 2. The van der Waals surface area contributed by atoms with Crippen LogP contribution in [0.25, 0.3) is 10.9 Å². The van der Waals surface area contributed by atoms with Gasteiger partial charge in [0, 0.05) is 30.4 Å². The third kappa shape index (κ3) is 3.99. The average Bonchev–Trinajstić information content (AvgIpc) is 3.09. The molecular formula is C22H22N4O3. The van der Waals surface area contributed by atoms with Crippen LogP contribution in [-0.4, -0.2) is 48.1 Å². The summed E-state index contributed by atoms with van der Waals surface area (Å²) in [6.07, 6.45) is 1.69. The Morgan fingerprint density at radius 2 is 1.90 bits per heavy atom. The van der Waals surface area contributed by atoms with Crippen LogP contribution in [-0.2, 0) is 4.79 Å². The minimum Gasteiger partial charge on any atom is -0.494 e. The van der Waals surface area contributed by atoms with Gasteiger partial charge in [-0.25, -0.2) is 4.79 Å². The molecule has 3 amide bonds. The maximum Gasteiger partial charge on any atom is 0.325 e. The summed E-state index contributed by atoms with van der Waals surface area (Å²) in [6, 6.07) is 16.6. The maximum atomic E-state index is 12.7. The van der Waals surface area contributed by atoms with Crippen LogP contribution in [0, 0.1) is 0 Å². The maximum absolute atomic E-state index is 12.7. The number of ether oxygens (including phenoxy) is 1. The van der Waals surface area contributed by atoms with Crippen molar-refractivity contribution < 1.29 is 14.3 Å². The predicted octanol–water partition coefficient (Wildman–Crippen LogP) is 3.51. The lowest BCUT2D eigenvalue weighted by molar-refractivity contribution is -0.116. The van der Waals surface area contributed by atoms with E-state index in [1.54, 1.807) is 16.0 Å². The van der Waals surface area contributed by atoms with Crippen molar-refractivity contribution >= 4 is 34.2 Å². The molecule has 0 bridgehead atoms. The summed E-state index contributed by atoms with van der Waals surface area (Å²) in [5.41, 5.74) is 2.16. The zero-order chi connectivity index (χ0) is 20.2. The van der Waals surface area contributed by atoms with Crippen LogP contribution < -0.4 is 15.0 Å². The van der Waals surface area contributed by atoms with Gasteiger partial charge in [0.1, 0.15) is 12.3 Å². The van der Waals surface area contributed by atoms with Gasteiger partial charge in [-0.2, -0.15) is 0 Å². The molecule has 7 heteroatoms. The van der Waals surface area contributed by atoms with E-state index in [9.17, 15) is 9.59 Å². The number of anilines is 2. The fraction of sp³-hybridized carbons (Fsp3) is 0.227. The minimum absolute atomic E-state index is 0.00438. The van der Waals surface area contributed by atoms with E-state index in [1.807, 2.05) is 61.5 Å². The van der Waals surface area contributed by atoms with Gasteiger partial charge < -0.3 is 15.0 Å².